The van der Waals surface area contributed by atoms with Gasteiger partial charge in [0.25, 0.3) is 5.79 Å². The van der Waals surface area contributed by atoms with Crippen LogP contribution in [0.3, 0.4) is 0 Å². The van der Waals surface area contributed by atoms with Gasteiger partial charge in [0, 0.05) is 12.7 Å². The lowest BCUT2D eigenvalue weighted by Crippen LogP contribution is -2.76. The van der Waals surface area contributed by atoms with Gasteiger partial charge >= 0.3 is 0 Å². The van der Waals surface area contributed by atoms with Crippen LogP contribution in [0.5, 0.6) is 5.75 Å². The molecule has 1 heterocycles. The van der Waals surface area contributed by atoms with Gasteiger partial charge in [-0.3, -0.25) is 0 Å². The van der Waals surface area contributed by atoms with Gasteiger partial charge in [0.1, 0.15) is 5.75 Å². The Morgan fingerprint density at radius 2 is 1.62 bits per heavy atom. The van der Waals surface area contributed by atoms with Crippen LogP contribution in [-0.2, 0) is 20.3 Å². The molecule has 5 fully saturated rings. The molecule has 1 aromatic rings. The van der Waals surface area contributed by atoms with Gasteiger partial charge in [-0.15, -0.1) is 0 Å². The maximum atomic E-state index is 6.08. The second kappa shape index (κ2) is 4.96. The summed E-state index contributed by atoms with van der Waals surface area (Å²) in [6.07, 6.45) is 6.46. The second-order valence-electron chi connectivity index (χ2n) is 8.27. The predicted octanol–water partition coefficient (Wildman–Crippen LogP) is 3.96. The maximum Gasteiger partial charge on any atom is 0.260 e. The summed E-state index contributed by atoms with van der Waals surface area (Å²) in [5, 5.41) is 0. The monoisotopic (exact) mass is 330 g/mol. The van der Waals surface area contributed by atoms with E-state index < -0.39 is 5.79 Å². The van der Waals surface area contributed by atoms with Crippen molar-refractivity contribution in [3.8, 4) is 5.75 Å². The highest BCUT2D eigenvalue weighted by Crippen LogP contribution is 2.69. The summed E-state index contributed by atoms with van der Waals surface area (Å²) >= 11 is 0. The molecule has 0 amide bonds. The Bertz CT molecular complexity index is 638. The van der Waals surface area contributed by atoms with Crippen molar-refractivity contribution in [1.82, 2.24) is 0 Å². The normalized spacial score (nSPS) is 45.5. The van der Waals surface area contributed by atoms with Gasteiger partial charge < -0.3 is 9.47 Å². The molecule has 130 valence electrons. The SMILES string of the molecule is COc1ccc(C2(OC)OOC23C2CC4CC(C2)CC3C4)cc1C. The molecule has 1 spiro atoms. The average molecular weight is 330 g/mol. The smallest absolute Gasteiger partial charge is 0.260 e. The number of benzene rings is 1. The van der Waals surface area contributed by atoms with Crippen LogP contribution in [-0.4, -0.2) is 19.8 Å². The Balaban J connectivity index is 1.59. The fourth-order valence-corrected chi connectivity index (χ4v) is 6.44. The molecule has 1 aromatic carbocycles. The lowest BCUT2D eigenvalue weighted by atomic mass is 9.47. The number of hydrogen-bond acceptors (Lipinski definition) is 4. The molecule has 1 aliphatic heterocycles. The van der Waals surface area contributed by atoms with E-state index in [0.717, 1.165) is 28.7 Å². The molecule has 4 aliphatic carbocycles. The van der Waals surface area contributed by atoms with Crippen LogP contribution in [0.1, 0.15) is 43.2 Å². The third kappa shape index (κ3) is 1.65. The van der Waals surface area contributed by atoms with E-state index in [9.17, 15) is 0 Å². The van der Waals surface area contributed by atoms with E-state index in [0.29, 0.717) is 11.8 Å². The van der Waals surface area contributed by atoms with Gasteiger partial charge in [0.2, 0.25) is 0 Å². The van der Waals surface area contributed by atoms with Crippen LogP contribution in [0.2, 0.25) is 0 Å². The van der Waals surface area contributed by atoms with E-state index >= 15 is 0 Å². The first-order valence-corrected chi connectivity index (χ1v) is 9.20. The molecule has 1 saturated heterocycles. The van der Waals surface area contributed by atoms with Crippen molar-refractivity contribution in [3.63, 3.8) is 0 Å². The second-order valence-corrected chi connectivity index (χ2v) is 8.27. The summed E-state index contributed by atoms with van der Waals surface area (Å²) < 4.78 is 11.5. The third-order valence-corrected chi connectivity index (χ3v) is 7.22. The summed E-state index contributed by atoms with van der Waals surface area (Å²) in [5.74, 6) is 2.98. The molecule has 1 atom stereocenters. The zero-order chi connectivity index (χ0) is 16.5. The minimum Gasteiger partial charge on any atom is -0.496 e. The van der Waals surface area contributed by atoms with Crippen molar-refractivity contribution in [2.24, 2.45) is 23.7 Å². The number of hydrogen-bond donors (Lipinski definition) is 0. The predicted molar refractivity (Wildman–Crippen MR) is 88.4 cm³/mol. The van der Waals surface area contributed by atoms with Gasteiger partial charge in [-0.25, -0.2) is 4.89 Å². The Morgan fingerprint density at radius 1 is 0.958 bits per heavy atom. The molecule has 1 unspecified atom stereocenters. The molecule has 6 rings (SSSR count). The molecule has 4 heteroatoms. The van der Waals surface area contributed by atoms with Crippen LogP contribution >= 0.6 is 0 Å². The van der Waals surface area contributed by atoms with Crippen LogP contribution in [0.25, 0.3) is 0 Å². The van der Waals surface area contributed by atoms with Crippen molar-refractivity contribution in [1.29, 1.82) is 0 Å². The maximum absolute atomic E-state index is 6.08. The minimum absolute atomic E-state index is 0.309. The topological polar surface area (TPSA) is 36.9 Å². The van der Waals surface area contributed by atoms with E-state index in [2.05, 4.69) is 19.1 Å². The first-order chi connectivity index (χ1) is 11.6. The van der Waals surface area contributed by atoms with Crippen molar-refractivity contribution in [2.45, 2.75) is 50.4 Å². The van der Waals surface area contributed by atoms with Crippen LogP contribution in [0.15, 0.2) is 18.2 Å². The van der Waals surface area contributed by atoms with E-state index in [1.165, 1.54) is 32.1 Å². The number of rotatable bonds is 3. The first kappa shape index (κ1) is 15.2. The molecule has 0 N–H and O–H groups in total. The fourth-order valence-electron chi connectivity index (χ4n) is 6.44. The molecule has 0 radical (unpaired) electrons. The summed E-state index contributed by atoms with van der Waals surface area (Å²) in [4.78, 5) is 11.8. The standard InChI is InChI=1S/C20H26O4/c1-12-6-15(4-5-18(12)21-2)20(22-3)19(23-24-20)16-8-13-7-14(10-16)11-17(19)9-13/h4-6,13-14,16-17H,7-11H2,1-3H3. The quantitative estimate of drug-likeness (QED) is 0.786. The van der Waals surface area contributed by atoms with Crippen molar-refractivity contribution in [2.75, 3.05) is 14.2 Å². The number of ether oxygens (including phenoxy) is 2. The molecule has 5 aliphatic rings. The van der Waals surface area contributed by atoms with Crippen molar-refractivity contribution in [3.05, 3.63) is 29.3 Å². The number of methoxy groups -OCH3 is 2. The van der Waals surface area contributed by atoms with Gasteiger partial charge in [0.05, 0.1) is 7.11 Å². The molecule has 4 nitrogen and oxygen atoms in total. The highest BCUT2D eigenvalue weighted by atomic mass is 17.3. The van der Waals surface area contributed by atoms with Crippen LogP contribution < -0.4 is 4.74 Å². The van der Waals surface area contributed by atoms with E-state index in [-0.39, 0.29) is 5.60 Å². The Labute approximate surface area is 143 Å². The summed E-state index contributed by atoms with van der Waals surface area (Å²) in [5.41, 5.74) is 1.85. The highest BCUT2D eigenvalue weighted by Gasteiger charge is 2.76. The van der Waals surface area contributed by atoms with Gasteiger partial charge in [-0.1, -0.05) is 0 Å². The van der Waals surface area contributed by atoms with E-state index in [1.54, 1.807) is 14.2 Å². The summed E-state index contributed by atoms with van der Waals surface area (Å²) in [6, 6.07) is 6.22. The lowest BCUT2D eigenvalue weighted by Gasteiger charge is -2.68. The van der Waals surface area contributed by atoms with Gasteiger partial charge in [0.15, 0.2) is 5.60 Å². The largest absolute Gasteiger partial charge is 0.496 e. The van der Waals surface area contributed by atoms with Crippen LogP contribution in [0.4, 0.5) is 0 Å². The lowest BCUT2D eigenvalue weighted by molar-refractivity contribution is -0.645. The Kier molecular flexibility index (Phi) is 3.14. The summed E-state index contributed by atoms with van der Waals surface area (Å²) in [7, 11) is 3.46. The summed E-state index contributed by atoms with van der Waals surface area (Å²) in [6.45, 7) is 2.06. The molecule has 4 saturated carbocycles. The zero-order valence-electron chi connectivity index (χ0n) is 14.7. The minimum atomic E-state index is -0.771. The van der Waals surface area contributed by atoms with Crippen molar-refractivity contribution < 1.29 is 19.2 Å². The van der Waals surface area contributed by atoms with Crippen LogP contribution in [0, 0.1) is 30.6 Å². The third-order valence-electron chi connectivity index (χ3n) is 7.22. The molecule has 0 aromatic heterocycles. The average Bonchev–Trinajstić information content (AvgIpc) is 2.54. The Hall–Kier alpha value is -1.10. The highest BCUT2D eigenvalue weighted by molar-refractivity contribution is 5.40. The Morgan fingerprint density at radius 3 is 2.08 bits per heavy atom. The van der Waals surface area contributed by atoms with E-state index in [1.807, 2.05) is 6.07 Å². The zero-order valence-corrected chi connectivity index (χ0v) is 14.7. The molecular weight excluding hydrogens is 304 g/mol. The molecular formula is C20H26O4. The fraction of sp³-hybridized carbons (Fsp3) is 0.700. The molecule has 24 heavy (non-hydrogen) atoms. The van der Waals surface area contributed by atoms with Crippen molar-refractivity contribution >= 4 is 0 Å². The van der Waals surface area contributed by atoms with E-state index in [4.69, 9.17) is 19.2 Å². The van der Waals surface area contributed by atoms with Gasteiger partial charge in [-0.2, -0.15) is 4.89 Å². The van der Waals surface area contributed by atoms with Gasteiger partial charge in [-0.05, 0) is 86.5 Å². The molecule has 4 bridgehead atoms. The first-order valence-electron chi connectivity index (χ1n) is 9.20. The number of aryl methyl sites for hydroxylation is 1.